The van der Waals surface area contributed by atoms with Gasteiger partial charge in [-0.05, 0) is 42.5 Å². The predicted octanol–water partition coefficient (Wildman–Crippen LogP) is 3.56. The number of rotatable bonds is 5. The Balaban J connectivity index is 1.81. The summed E-state index contributed by atoms with van der Waals surface area (Å²) in [5.41, 5.74) is 2.15. The zero-order valence-electron chi connectivity index (χ0n) is 14.3. The van der Waals surface area contributed by atoms with Crippen LogP contribution in [0.1, 0.15) is 17.3 Å². The molecule has 7 heteroatoms. The first kappa shape index (κ1) is 17.2. The standard InChI is InChI=1S/C19H17N3O4/c1-12(23)21-14-4-3-5-15(10-14)22-19(24)17-11-20-26-18(17)13-6-8-16(25-2)9-7-13/h3-11H,1-2H3,(H,21,23)(H,22,24). The van der Waals surface area contributed by atoms with E-state index in [0.717, 1.165) is 0 Å². The molecule has 0 aliphatic rings. The summed E-state index contributed by atoms with van der Waals surface area (Å²) in [6.45, 7) is 1.42. The van der Waals surface area contributed by atoms with Gasteiger partial charge in [0.15, 0.2) is 5.76 Å². The number of aromatic nitrogens is 1. The van der Waals surface area contributed by atoms with Gasteiger partial charge in [0.1, 0.15) is 11.3 Å². The van der Waals surface area contributed by atoms with Crippen LogP contribution in [-0.2, 0) is 4.79 Å². The van der Waals surface area contributed by atoms with Crippen LogP contribution >= 0.6 is 0 Å². The Morgan fingerprint density at radius 3 is 2.38 bits per heavy atom. The molecular formula is C19H17N3O4. The molecule has 0 atom stereocenters. The van der Waals surface area contributed by atoms with E-state index in [1.165, 1.54) is 13.1 Å². The molecule has 2 N–H and O–H groups in total. The van der Waals surface area contributed by atoms with Crippen LogP contribution in [0.3, 0.4) is 0 Å². The number of carbonyl (C=O) groups is 2. The number of nitrogens with one attached hydrogen (secondary N) is 2. The average molecular weight is 351 g/mol. The van der Waals surface area contributed by atoms with E-state index in [0.29, 0.717) is 34.0 Å². The minimum atomic E-state index is -0.364. The Kier molecular flexibility index (Phi) is 4.98. The monoisotopic (exact) mass is 351 g/mol. The number of carbonyl (C=O) groups excluding carboxylic acids is 2. The van der Waals surface area contributed by atoms with Gasteiger partial charge in [0.2, 0.25) is 5.91 Å². The molecule has 2 amide bonds. The summed E-state index contributed by atoms with van der Waals surface area (Å²) in [6, 6.07) is 14.0. The van der Waals surface area contributed by atoms with Gasteiger partial charge >= 0.3 is 0 Å². The van der Waals surface area contributed by atoms with Crippen molar-refractivity contribution in [3.63, 3.8) is 0 Å². The lowest BCUT2D eigenvalue weighted by molar-refractivity contribution is -0.114. The Labute approximate surface area is 150 Å². The van der Waals surface area contributed by atoms with Crippen molar-refractivity contribution in [3.05, 3.63) is 60.3 Å². The highest BCUT2D eigenvalue weighted by Crippen LogP contribution is 2.26. The van der Waals surface area contributed by atoms with Crippen molar-refractivity contribution >= 4 is 23.2 Å². The van der Waals surface area contributed by atoms with Gasteiger partial charge < -0.3 is 19.9 Å². The van der Waals surface area contributed by atoms with Crippen molar-refractivity contribution in [2.24, 2.45) is 0 Å². The lowest BCUT2D eigenvalue weighted by atomic mass is 10.1. The summed E-state index contributed by atoms with van der Waals surface area (Å²) in [7, 11) is 1.58. The fourth-order valence-electron chi connectivity index (χ4n) is 2.43. The molecule has 7 nitrogen and oxygen atoms in total. The molecular weight excluding hydrogens is 334 g/mol. The van der Waals surface area contributed by atoms with E-state index in [1.54, 1.807) is 55.6 Å². The van der Waals surface area contributed by atoms with E-state index < -0.39 is 0 Å². The maximum Gasteiger partial charge on any atom is 0.261 e. The van der Waals surface area contributed by atoms with Crippen LogP contribution in [0.5, 0.6) is 5.75 Å². The third-order valence-corrected chi connectivity index (χ3v) is 3.61. The van der Waals surface area contributed by atoms with E-state index in [1.807, 2.05) is 0 Å². The van der Waals surface area contributed by atoms with Gasteiger partial charge in [-0.3, -0.25) is 9.59 Å². The van der Waals surface area contributed by atoms with Crippen molar-refractivity contribution in [3.8, 4) is 17.1 Å². The molecule has 0 saturated heterocycles. The number of hydrogen-bond acceptors (Lipinski definition) is 5. The average Bonchev–Trinajstić information content (AvgIpc) is 3.11. The quantitative estimate of drug-likeness (QED) is 0.733. The highest BCUT2D eigenvalue weighted by Gasteiger charge is 2.18. The van der Waals surface area contributed by atoms with Crippen LogP contribution in [0.25, 0.3) is 11.3 Å². The second-order valence-corrected chi connectivity index (χ2v) is 5.51. The highest BCUT2D eigenvalue weighted by atomic mass is 16.5. The van der Waals surface area contributed by atoms with Crippen molar-refractivity contribution in [1.82, 2.24) is 5.16 Å². The summed E-state index contributed by atoms with van der Waals surface area (Å²) in [5, 5.41) is 9.18. The number of ether oxygens (including phenoxy) is 1. The molecule has 132 valence electrons. The van der Waals surface area contributed by atoms with Crippen LogP contribution in [0.2, 0.25) is 0 Å². The molecule has 0 radical (unpaired) electrons. The molecule has 0 aliphatic heterocycles. The smallest absolute Gasteiger partial charge is 0.261 e. The summed E-state index contributed by atoms with van der Waals surface area (Å²) in [5.74, 6) is 0.517. The minimum absolute atomic E-state index is 0.186. The summed E-state index contributed by atoms with van der Waals surface area (Å²) in [4.78, 5) is 23.8. The Morgan fingerprint density at radius 1 is 1.04 bits per heavy atom. The maximum absolute atomic E-state index is 12.6. The summed E-state index contributed by atoms with van der Waals surface area (Å²) in [6.07, 6.45) is 1.37. The summed E-state index contributed by atoms with van der Waals surface area (Å²) < 4.78 is 10.4. The van der Waals surface area contributed by atoms with Crippen molar-refractivity contribution in [2.75, 3.05) is 17.7 Å². The Bertz CT molecular complexity index is 932. The second-order valence-electron chi connectivity index (χ2n) is 5.51. The molecule has 1 heterocycles. The zero-order valence-corrected chi connectivity index (χ0v) is 14.3. The Hall–Kier alpha value is -3.61. The van der Waals surface area contributed by atoms with Crippen molar-refractivity contribution in [2.45, 2.75) is 6.92 Å². The largest absolute Gasteiger partial charge is 0.497 e. The van der Waals surface area contributed by atoms with E-state index in [-0.39, 0.29) is 11.8 Å². The van der Waals surface area contributed by atoms with E-state index >= 15 is 0 Å². The molecule has 2 aromatic carbocycles. The molecule has 0 aliphatic carbocycles. The third-order valence-electron chi connectivity index (χ3n) is 3.61. The molecule has 26 heavy (non-hydrogen) atoms. The number of nitrogens with zero attached hydrogens (tertiary/aromatic N) is 1. The topological polar surface area (TPSA) is 93.5 Å². The third kappa shape index (κ3) is 3.89. The number of hydrogen-bond donors (Lipinski definition) is 2. The molecule has 0 unspecified atom stereocenters. The van der Waals surface area contributed by atoms with E-state index in [4.69, 9.17) is 9.26 Å². The van der Waals surface area contributed by atoms with Gasteiger partial charge in [-0.25, -0.2) is 0 Å². The lowest BCUT2D eigenvalue weighted by Gasteiger charge is -2.08. The molecule has 0 saturated carbocycles. The number of benzene rings is 2. The van der Waals surface area contributed by atoms with Crippen molar-refractivity contribution < 1.29 is 18.8 Å². The van der Waals surface area contributed by atoms with Crippen molar-refractivity contribution in [1.29, 1.82) is 0 Å². The SMILES string of the molecule is COc1ccc(-c2oncc2C(=O)Nc2cccc(NC(C)=O)c2)cc1. The van der Waals surface area contributed by atoms with Crippen LogP contribution in [0, 0.1) is 0 Å². The van der Waals surface area contributed by atoms with E-state index in [9.17, 15) is 9.59 Å². The normalized spacial score (nSPS) is 10.2. The first-order valence-corrected chi connectivity index (χ1v) is 7.85. The lowest BCUT2D eigenvalue weighted by Crippen LogP contribution is -2.12. The van der Waals surface area contributed by atoms with Crippen LogP contribution in [0.15, 0.2) is 59.3 Å². The molecule has 3 aromatic rings. The number of methoxy groups -OCH3 is 1. The highest BCUT2D eigenvalue weighted by molar-refractivity contribution is 6.08. The van der Waals surface area contributed by atoms with Gasteiger partial charge in [0.25, 0.3) is 5.91 Å². The number of amides is 2. The minimum Gasteiger partial charge on any atom is -0.497 e. The van der Waals surface area contributed by atoms with Crippen LogP contribution < -0.4 is 15.4 Å². The van der Waals surface area contributed by atoms with Gasteiger partial charge in [-0.1, -0.05) is 11.2 Å². The molecule has 0 fully saturated rings. The Morgan fingerprint density at radius 2 is 1.73 bits per heavy atom. The fraction of sp³-hybridized carbons (Fsp3) is 0.105. The van der Waals surface area contributed by atoms with Gasteiger partial charge in [0, 0.05) is 23.9 Å². The fourth-order valence-corrected chi connectivity index (χ4v) is 2.43. The summed E-state index contributed by atoms with van der Waals surface area (Å²) >= 11 is 0. The predicted molar refractivity (Wildman–Crippen MR) is 97.2 cm³/mol. The van der Waals surface area contributed by atoms with Crippen LogP contribution in [-0.4, -0.2) is 24.1 Å². The van der Waals surface area contributed by atoms with Gasteiger partial charge in [0.05, 0.1) is 13.3 Å². The van der Waals surface area contributed by atoms with Gasteiger partial charge in [-0.15, -0.1) is 0 Å². The maximum atomic E-state index is 12.6. The first-order chi connectivity index (χ1) is 12.6. The van der Waals surface area contributed by atoms with Crippen LogP contribution in [0.4, 0.5) is 11.4 Å². The number of anilines is 2. The van der Waals surface area contributed by atoms with E-state index in [2.05, 4.69) is 15.8 Å². The molecule has 0 bridgehead atoms. The second kappa shape index (κ2) is 7.52. The molecule has 1 aromatic heterocycles. The molecule has 0 spiro atoms. The first-order valence-electron chi connectivity index (χ1n) is 7.85. The zero-order chi connectivity index (χ0) is 18.5. The molecule has 3 rings (SSSR count). The van der Waals surface area contributed by atoms with Gasteiger partial charge in [-0.2, -0.15) is 0 Å².